The van der Waals surface area contributed by atoms with Crippen molar-refractivity contribution in [2.75, 3.05) is 12.4 Å². The second-order valence-electron chi connectivity index (χ2n) is 5.55. The minimum atomic E-state index is -0.391. The molecule has 3 rings (SSSR count). The molecule has 0 fully saturated rings. The monoisotopic (exact) mass is 333 g/mol. The fraction of sp³-hybridized carbons (Fsp3) is 0.412. The van der Waals surface area contributed by atoms with Crippen molar-refractivity contribution in [1.29, 1.82) is 0 Å². The zero-order chi connectivity index (χ0) is 16.2. The van der Waals surface area contributed by atoms with Crippen molar-refractivity contribution in [3.05, 3.63) is 40.2 Å². The number of aryl methyl sites for hydroxylation is 1. The Morgan fingerprint density at radius 2 is 2.00 bits per heavy atom. The van der Waals surface area contributed by atoms with E-state index < -0.39 is 5.97 Å². The van der Waals surface area contributed by atoms with Gasteiger partial charge in [-0.25, -0.2) is 4.79 Å². The number of rotatable bonds is 3. The van der Waals surface area contributed by atoms with E-state index in [1.54, 1.807) is 12.1 Å². The molecule has 2 aromatic heterocycles. The van der Waals surface area contributed by atoms with Crippen molar-refractivity contribution >= 4 is 28.2 Å². The number of carbonyl (C=O) groups excluding carboxylic acids is 2. The van der Waals surface area contributed by atoms with E-state index in [0.717, 1.165) is 31.2 Å². The lowest BCUT2D eigenvalue weighted by atomic mass is 9.96. The van der Waals surface area contributed by atoms with Crippen molar-refractivity contribution in [3.8, 4) is 0 Å². The summed E-state index contributed by atoms with van der Waals surface area (Å²) < 4.78 is 10.1. The van der Waals surface area contributed by atoms with Crippen LogP contribution < -0.4 is 5.32 Å². The van der Waals surface area contributed by atoms with Crippen LogP contribution >= 0.6 is 11.3 Å². The van der Waals surface area contributed by atoms with Gasteiger partial charge in [-0.05, 0) is 43.4 Å². The van der Waals surface area contributed by atoms with Gasteiger partial charge in [-0.2, -0.15) is 0 Å². The fourth-order valence-corrected chi connectivity index (χ4v) is 4.17. The minimum Gasteiger partial charge on any atom is -0.465 e. The molecule has 0 saturated carbocycles. The topological polar surface area (TPSA) is 68.5 Å². The van der Waals surface area contributed by atoms with Gasteiger partial charge in [-0.15, -0.1) is 11.3 Å². The largest absolute Gasteiger partial charge is 0.465 e. The standard InChI is InChI=1S/C17H19NO4S/c1-21-17(20)14-11-7-4-2-3-5-9-13(11)23-16(14)18-15(19)12-8-6-10-22-12/h6,8,10H,2-5,7,9H2,1H3,(H,18,19). The number of methoxy groups -OCH3 is 1. The van der Waals surface area contributed by atoms with Crippen LogP contribution in [0.25, 0.3) is 0 Å². The quantitative estimate of drug-likeness (QED) is 0.861. The predicted octanol–water partition coefficient (Wildman–Crippen LogP) is 4.04. The molecule has 0 bridgehead atoms. The van der Waals surface area contributed by atoms with E-state index in [4.69, 9.17) is 9.15 Å². The summed E-state index contributed by atoms with van der Waals surface area (Å²) in [6, 6.07) is 3.25. The van der Waals surface area contributed by atoms with Gasteiger partial charge < -0.3 is 14.5 Å². The first-order chi connectivity index (χ1) is 11.2. The van der Waals surface area contributed by atoms with Crippen LogP contribution in [0.3, 0.4) is 0 Å². The van der Waals surface area contributed by atoms with Crippen LogP contribution in [0.4, 0.5) is 5.00 Å². The molecule has 0 saturated heterocycles. The molecular weight excluding hydrogens is 314 g/mol. The second kappa shape index (κ2) is 7.00. The van der Waals surface area contributed by atoms with E-state index in [9.17, 15) is 9.59 Å². The molecule has 0 spiro atoms. The summed E-state index contributed by atoms with van der Waals surface area (Å²) in [7, 11) is 1.37. The van der Waals surface area contributed by atoms with Crippen LogP contribution in [0, 0.1) is 0 Å². The number of furan rings is 1. The average molecular weight is 333 g/mol. The first-order valence-corrected chi connectivity index (χ1v) is 8.60. The molecule has 0 unspecified atom stereocenters. The van der Waals surface area contributed by atoms with Gasteiger partial charge in [-0.1, -0.05) is 12.8 Å². The molecule has 0 atom stereocenters. The highest BCUT2D eigenvalue weighted by molar-refractivity contribution is 7.17. The van der Waals surface area contributed by atoms with Gasteiger partial charge in [0.25, 0.3) is 5.91 Å². The number of carbonyl (C=O) groups is 2. The number of amides is 1. The molecule has 2 aromatic rings. The summed E-state index contributed by atoms with van der Waals surface area (Å²) in [5.74, 6) is -0.520. The molecule has 122 valence electrons. The number of nitrogens with one attached hydrogen (secondary N) is 1. The number of esters is 1. The van der Waals surface area contributed by atoms with E-state index >= 15 is 0 Å². The normalized spacial score (nSPS) is 14.5. The summed E-state index contributed by atoms with van der Waals surface area (Å²) in [6.07, 6.45) is 7.79. The molecule has 1 aliphatic rings. The summed E-state index contributed by atoms with van der Waals surface area (Å²) in [5.41, 5.74) is 1.55. The highest BCUT2D eigenvalue weighted by Crippen LogP contribution is 2.37. The summed E-state index contributed by atoms with van der Waals surface area (Å²) in [6.45, 7) is 0. The predicted molar refractivity (Wildman–Crippen MR) is 88.2 cm³/mol. The molecule has 5 nitrogen and oxygen atoms in total. The number of fused-ring (bicyclic) bond motifs is 1. The van der Waals surface area contributed by atoms with Crippen molar-refractivity contribution < 1.29 is 18.7 Å². The number of anilines is 1. The third-order valence-electron chi connectivity index (χ3n) is 4.03. The van der Waals surface area contributed by atoms with Crippen LogP contribution in [0.5, 0.6) is 0 Å². The highest BCUT2D eigenvalue weighted by Gasteiger charge is 2.26. The van der Waals surface area contributed by atoms with Crippen molar-refractivity contribution in [2.24, 2.45) is 0 Å². The molecular formula is C17H19NO4S. The molecule has 1 N–H and O–H groups in total. The van der Waals surface area contributed by atoms with Crippen LogP contribution in [-0.2, 0) is 17.6 Å². The molecule has 2 heterocycles. The van der Waals surface area contributed by atoms with E-state index in [0.29, 0.717) is 10.6 Å². The average Bonchev–Trinajstić information content (AvgIpc) is 3.15. The van der Waals surface area contributed by atoms with Gasteiger partial charge in [0.15, 0.2) is 5.76 Å². The number of hydrogen-bond acceptors (Lipinski definition) is 5. The first kappa shape index (κ1) is 15.8. The zero-order valence-corrected chi connectivity index (χ0v) is 13.8. The third kappa shape index (κ3) is 3.32. The number of hydrogen-bond donors (Lipinski definition) is 1. The lowest BCUT2D eigenvalue weighted by Gasteiger charge is -2.10. The number of thiophene rings is 1. The van der Waals surface area contributed by atoms with Crippen LogP contribution in [0.1, 0.15) is 57.0 Å². The van der Waals surface area contributed by atoms with Gasteiger partial charge in [0.2, 0.25) is 0 Å². The Kier molecular flexibility index (Phi) is 4.81. The Morgan fingerprint density at radius 1 is 1.22 bits per heavy atom. The molecule has 0 aromatic carbocycles. The first-order valence-electron chi connectivity index (χ1n) is 7.78. The van der Waals surface area contributed by atoms with E-state index in [2.05, 4.69) is 5.32 Å². The van der Waals surface area contributed by atoms with Crippen LogP contribution in [0.15, 0.2) is 22.8 Å². The Labute approximate surface area is 138 Å². The van der Waals surface area contributed by atoms with E-state index in [-0.39, 0.29) is 11.7 Å². The van der Waals surface area contributed by atoms with Gasteiger partial charge in [0.1, 0.15) is 5.00 Å². The lowest BCUT2D eigenvalue weighted by molar-refractivity contribution is 0.0601. The Bertz CT molecular complexity index is 703. The molecule has 0 aliphatic heterocycles. The molecule has 0 radical (unpaired) electrons. The molecule has 1 aliphatic carbocycles. The summed E-state index contributed by atoms with van der Waals surface area (Å²) in [4.78, 5) is 25.7. The second-order valence-corrected chi connectivity index (χ2v) is 6.65. The van der Waals surface area contributed by atoms with E-state index in [1.165, 1.54) is 42.4 Å². The van der Waals surface area contributed by atoms with Crippen LogP contribution in [-0.4, -0.2) is 19.0 Å². The zero-order valence-electron chi connectivity index (χ0n) is 13.0. The Morgan fingerprint density at radius 3 is 2.70 bits per heavy atom. The van der Waals surface area contributed by atoms with Gasteiger partial charge in [0.05, 0.1) is 18.9 Å². The minimum absolute atomic E-state index is 0.224. The fourth-order valence-electron chi connectivity index (χ4n) is 2.90. The summed E-state index contributed by atoms with van der Waals surface area (Å²) >= 11 is 1.48. The van der Waals surface area contributed by atoms with Gasteiger partial charge in [-0.3, -0.25) is 4.79 Å². The maximum absolute atomic E-state index is 12.2. The van der Waals surface area contributed by atoms with Gasteiger partial charge in [0, 0.05) is 4.88 Å². The molecule has 23 heavy (non-hydrogen) atoms. The highest BCUT2D eigenvalue weighted by atomic mass is 32.1. The summed E-state index contributed by atoms with van der Waals surface area (Å²) in [5, 5.41) is 3.37. The van der Waals surface area contributed by atoms with E-state index in [1.807, 2.05) is 0 Å². The van der Waals surface area contributed by atoms with Crippen molar-refractivity contribution in [1.82, 2.24) is 0 Å². The maximum atomic E-state index is 12.2. The van der Waals surface area contributed by atoms with Crippen molar-refractivity contribution in [2.45, 2.75) is 38.5 Å². The van der Waals surface area contributed by atoms with Crippen molar-refractivity contribution in [3.63, 3.8) is 0 Å². The Balaban J connectivity index is 1.96. The molecule has 1 amide bonds. The lowest BCUT2D eigenvalue weighted by Crippen LogP contribution is -2.14. The third-order valence-corrected chi connectivity index (χ3v) is 5.24. The Hall–Kier alpha value is -2.08. The number of ether oxygens (including phenoxy) is 1. The molecule has 6 heteroatoms. The van der Waals surface area contributed by atoms with Crippen LogP contribution in [0.2, 0.25) is 0 Å². The maximum Gasteiger partial charge on any atom is 0.341 e. The van der Waals surface area contributed by atoms with Gasteiger partial charge >= 0.3 is 5.97 Å². The SMILES string of the molecule is COC(=O)c1c(NC(=O)c2ccco2)sc2c1CCCCCC2. The smallest absolute Gasteiger partial charge is 0.341 e.